The van der Waals surface area contributed by atoms with Crippen molar-refractivity contribution >= 4 is 28.9 Å². The van der Waals surface area contributed by atoms with E-state index in [1.165, 1.54) is 4.40 Å². The van der Waals surface area contributed by atoms with E-state index in [0.29, 0.717) is 11.5 Å². The van der Waals surface area contributed by atoms with E-state index in [-0.39, 0.29) is 18.2 Å². The van der Waals surface area contributed by atoms with Crippen molar-refractivity contribution in [3.63, 3.8) is 0 Å². The van der Waals surface area contributed by atoms with Crippen LogP contribution in [0.5, 0.6) is 0 Å². The quantitative estimate of drug-likeness (QED) is 0.548. The highest BCUT2D eigenvalue weighted by atomic mass is 16.2. The van der Waals surface area contributed by atoms with Gasteiger partial charge in [-0.1, -0.05) is 35.9 Å². The minimum Gasteiger partial charge on any atom is -0.340 e. The maximum atomic E-state index is 12.5. The average molecular weight is 388 g/mol. The first-order chi connectivity index (χ1) is 14.0. The minimum atomic E-state index is -0.422. The van der Waals surface area contributed by atoms with Gasteiger partial charge in [-0.3, -0.25) is 4.79 Å². The number of aromatic nitrogens is 4. The topological polar surface area (TPSA) is 93.3 Å². The summed E-state index contributed by atoms with van der Waals surface area (Å²) < 4.78 is 2.41. The zero-order chi connectivity index (χ0) is 20.4. The number of nitrogens with zero attached hydrogens (tertiary/aromatic N) is 4. The molecule has 29 heavy (non-hydrogen) atoms. The van der Waals surface area contributed by atoms with E-state index in [2.05, 4.69) is 20.7 Å². The first-order valence-corrected chi connectivity index (χ1v) is 9.15. The summed E-state index contributed by atoms with van der Waals surface area (Å²) in [5, 5.41) is 10.2. The zero-order valence-corrected chi connectivity index (χ0v) is 16.1. The van der Waals surface area contributed by atoms with E-state index < -0.39 is 5.69 Å². The number of amides is 1. The Kier molecular flexibility index (Phi) is 4.82. The molecule has 8 heteroatoms. The Morgan fingerprint density at radius 3 is 2.55 bits per heavy atom. The van der Waals surface area contributed by atoms with Gasteiger partial charge in [0.1, 0.15) is 12.4 Å². The van der Waals surface area contributed by atoms with Gasteiger partial charge in [-0.05, 0) is 43.7 Å². The molecule has 1 amide bonds. The normalized spacial score (nSPS) is 10.8. The molecule has 2 N–H and O–H groups in total. The average Bonchev–Trinajstić information content (AvgIpc) is 3.00. The highest BCUT2D eigenvalue weighted by Gasteiger charge is 2.13. The monoisotopic (exact) mass is 388 g/mol. The molecule has 0 aliphatic rings. The predicted molar refractivity (Wildman–Crippen MR) is 112 cm³/mol. The first kappa shape index (κ1) is 18.4. The second kappa shape index (κ2) is 7.59. The summed E-state index contributed by atoms with van der Waals surface area (Å²) in [6.07, 6.45) is 1.59. The molecule has 0 aliphatic carbocycles. The molecule has 0 radical (unpaired) electrons. The fourth-order valence-corrected chi connectivity index (χ4v) is 2.90. The summed E-state index contributed by atoms with van der Waals surface area (Å²) in [6.45, 7) is 3.72. The number of carbonyl (C=O) groups is 1. The summed E-state index contributed by atoms with van der Waals surface area (Å²) >= 11 is 0. The lowest BCUT2D eigenvalue weighted by molar-refractivity contribution is -0.117. The van der Waals surface area contributed by atoms with Gasteiger partial charge in [0.2, 0.25) is 5.91 Å². The molecule has 0 unspecified atom stereocenters. The zero-order valence-electron chi connectivity index (χ0n) is 16.1. The molecule has 4 rings (SSSR count). The number of fused-ring (bicyclic) bond motifs is 1. The Morgan fingerprint density at radius 1 is 1.03 bits per heavy atom. The molecule has 8 nitrogen and oxygen atoms in total. The third-order valence-corrected chi connectivity index (χ3v) is 4.49. The molecule has 2 aromatic heterocycles. The van der Waals surface area contributed by atoms with Crippen LogP contribution in [0.4, 0.5) is 17.2 Å². The third-order valence-electron chi connectivity index (χ3n) is 4.49. The number of anilines is 3. The van der Waals surface area contributed by atoms with Gasteiger partial charge in [0.15, 0.2) is 0 Å². The van der Waals surface area contributed by atoms with E-state index in [9.17, 15) is 9.59 Å². The van der Waals surface area contributed by atoms with Crippen molar-refractivity contribution in [3.05, 3.63) is 82.4 Å². The molecule has 0 fully saturated rings. The van der Waals surface area contributed by atoms with Gasteiger partial charge < -0.3 is 10.6 Å². The van der Waals surface area contributed by atoms with Crippen LogP contribution in [0.2, 0.25) is 0 Å². The van der Waals surface area contributed by atoms with Crippen molar-refractivity contribution < 1.29 is 4.79 Å². The molecular weight excluding hydrogens is 368 g/mol. The second-order valence-corrected chi connectivity index (χ2v) is 6.78. The summed E-state index contributed by atoms with van der Waals surface area (Å²) in [6, 6.07) is 17.0. The number of aryl methyl sites for hydroxylation is 2. The number of benzene rings is 2. The highest BCUT2D eigenvalue weighted by molar-refractivity contribution is 5.91. The molecule has 2 heterocycles. The van der Waals surface area contributed by atoms with E-state index in [1.54, 1.807) is 12.3 Å². The fraction of sp³-hybridized carbons (Fsp3) is 0.143. The van der Waals surface area contributed by atoms with Crippen LogP contribution in [0, 0.1) is 13.8 Å². The van der Waals surface area contributed by atoms with Crippen LogP contribution < -0.4 is 16.3 Å². The van der Waals surface area contributed by atoms with Crippen LogP contribution in [0.15, 0.2) is 65.6 Å². The van der Waals surface area contributed by atoms with Crippen LogP contribution in [-0.2, 0) is 11.3 Å². The summed E-state index contributed by atoms with van der Waals surface area (Å²) in [5.74, 6) is 0.446. The second-order valence-electron chi connectivity index (χ2n) is 6.78. The molecule has 0 saturated carbocycles. The van der Waals surface area contributed by atoms with Gasteiger partial charge in [-0.15, -0.1) is 5.10 Å². The molecular formula is C21H20N6O2. The Balaban J connectivity index is 1.54. The van der Waals surface area contributed by atoms with Crippen molar-refractivity contribution in [2.24, 2.45) is 0 Å². The standard InChI is InChI=1S/C21H20N6O2/c1-14-7-9-16(10-8-14)22-18-11-12-26-20(24-18)25-27(21(26)29)13-19(28)23-17-6-4-3-5-15(17)2/h3-12H,13H2,1-2H3,(H,23,28)(H,22,24,25). The lowest BCUT2D eigenvalue weighted by atomic mass is 10.2. The Morgan fingerprint density at radius 2 is 1.79 bits per heavy atom. The molecule has 146 valence electrons. The number of hydrogen-bond acceptors (Lipinski definition) is 5. The van der Waals surface area contributed by atoms with Crippen molar-refractivity contribution in [3.8, 4) is 0 Å². The van der Waals surface area contributed by atoms with Crippen molar-refractivity contribution in [2.75, 3.05) is 10.6 Å². The minimum absolute atomic E-state index is 0.197. The van der Waals surface area contributed by atoms with Crippen LogP contribution in [-0.4, -0.2) is 25.1 Å². The van der Waals surface area contributed by atoms with Gasteiger partial charge >= 0.3 is 5.69 Å². The Bertz CT molecular complexity index is 1240. The summed E-state index contributed by atoms with van der Waals surface area (Å²) in [7, 11) is 0. The van der Waals surface area contributed by atoms with E-state index >= 15 is 0 Å². The molecule has 2 aromatic carbocycles. The smallest absolute Gasteiger partial charge is 0.340 e. The maximum Gasteiger partial charge on any atom is 0.352 e. The van der Waals surface area contributed by atoms with E-state index in [1.807, 2.05) is 62.4 Å². The van der Waals surface area contributed by atoms with E-state index in [4.69, 9.17) is 0 Å². The van der Waals surface area contributed by atoms with Gasteiger partial charge in [-0.25, -0.2) is 13.9 Å². The fourth-order valence-electron chi connectivity index (χ4n) is 2.90. The van der Waals surface area contributed by atoms with Crippen LogP contribution >= 0.6 is 0 Å². The Labute approximate surface area is 166 Å². The van der Waals surface area contributed by atoms with Crippen LogP contribution in [0.1, 0.15) is 11.1 Å². The van der Waals surface area contributed by atoms with Gasteiger partial charge in [0.05, 0.1) is 0 Å². The summed E-state index contributed by atoms with van der Waals surface area (Å²) in [5.41, 5.74) is 3.27. The number of nitrogens with one attached hydrogen (secondary N) is 2. The third kappa shape index (κ3) is 4.01. The van der Waals surface area contributed by atoms with Crippen LogP contribution in [0.25, 0.3) is 5.78 Å². The maximum absolute atomic E-state index is 12.5. The predicted octanol–water partition coefficient (Wildman–Crippen LogP) is 2.89. The number of hydrogen-bond donors (Lipinski definition) is 2. The number of carbonyl (C=O) groups excluding carboxylic acids is 1. The largest absolute Gasteiger partial charge is 0.352 e. The number of para-hydroxylation sites is 1. The van der Waals surface area contributed by atoms with Gasteiger partial charge in [-0.2, -0.15) is 4.98 Å². The van der Waals surface area contributed by atoms with E-state index in [0.717, 1.165) is 21.5 Å². The van der Waals surface area contributed by atoms with Crippen LogP contribution in [0.3, 0.4) is 0 Å². The van der Waals surface area contributed by atoms with Gasteiger partial charge in [0.25, 0.3) is 5.78 Å². The molecule has 0 bridgehead atoms. The van der Waals surface area contributed by atoms with Gasteiger partial charge in [0, 0.05) is 17.6 Å². The van der Waals surface area contributed by atoms with Crippen molar-refractivity contribution in [1.29, 1.82) is 0 Å². The molecule has 0 saturated heterocycles. The number of rotatable bonds is 5. The summed E-state index contributed by atoms with van der Waals surface area (Å²) in [4.78, 5) is 29.2. The SMILES string of the molecule is Cc1ccc(Nc2ccn3c(=O)n(CC(=O)Nc4ccccc4C)nc3n2)cc1. The first-order valence-electron chi connectivity index (χ1n) is 9.15. The molecule has 0 atom stereocenters. The lowest BCUT2D eigenvalue weighted by Gasteiger charge is -2.07. The Hall–Kier alpha value is -3.94. The molecule has 4 aromatic rings. The highest BCUT2D eigenvalue weighted by Crippen LogP contribution is 2.15. The lowest BCUT2D eigenvalue weighted by Crippen LogP contribution is -2.28. The molecule has 0 spiro atoms. The van der Waals surface area contributed by atoms with Crippen molar-refractivity contribution in [1.82, 2.24) is 19.2 Å². The molecule has 0 aliphatic heterocycles. The van der Waals surface area contributed by atoms with Crippen molar-refractivity contribution in [2.45, 2.75) is 20.4 Å².